The standard InChI is InChI=1S/C15H9ClF3N3O4/c16-11-5-9(13(23)12(6-11)22(25)26)7-20-21-14(24)8-2-1-3-10(4-8)15(17,18)19/h1-7,23H,(H,21,24). The Bertz CT molecular complexity index is 900. The van der Waals surface area contributed by atoms with Crippen LogP contribution >= 0.6 is 11.6 Å². The van der Waals surface area contributed by atoms with E-state index in [1.165, 1.54) is 0 Å². The number of nitro groups is 1. The highest BCUT2D eigenvalue weighted by Gasteiger charge is 2.30. The molecule has 2 rings (SSSR count). The molecule has 2 N–H and O–H groups in total. The highest BCUT2D eigenvalue weighted by Crippen LogP contribution is 2.32. The molecule has 136 valence electrons. The van der Waals surface area contributed by atoms with Crippen LogP contribution in [0.1, 0.15) is 21.5 Å². The van der Waals surface area contributed by atoms with Crippen LogP contribution in [0, 0.1) is 10.1 Å². The smallest absolute Gasteiger partial charge is 0.416 e. The molecule has 0 fully saturated rings. The summed E-state index contributed by atoms with van der Waals surface area (Å²) in [6.45, 7) is 0. The Morgan fingerprint density at radius 2 is 2.00 bits per heavy atom. The molecule has 0 saturated heterocycles. The summed E-state index contributed by atoms with van der Waals surface area (Å²) in [5.74, 6) is -1.67. The number of alkyl halides is 3. The number of nitrogens with one attached hydrogen (secondary N) is 1. The Hall–Kier alpha value is -3.14. The van der Waals surface area contributed by atoms with Gasteiger partial charge in [-0.1, -0.05) is 17.7 Å². The average Bonchev–Trinajstić information content (AvgIpc) is 2.56. The molecule has 1 amide bonds. The molecule has 2 aromatic rings. The minimum Gasteiger partial charge on any atom is -0.502 e. The van der Waals surface area contributed by atoms with Crippen LogP contribution in [0.15, 0.2) is 41.5 Å². The zero-order valence-corrected chi connectivity index (χ0v) is 13.4. The molecule has 26 heavy (non-hydrogen) atoms. The SMILES string of the molecule is O=C(NN=Cc1cc(Cl)cc([N+](=O)[O-])c1O)c1cccc(C(F)(F)F)c1. The number of phenols is 1. The van der Waals surface area contributed by atoms with Gasteiger partial charge in [0.1, 0.15) is 0 Å². The first kappa shape index (κ1) is 19.2. The lowest BCUT2D eigenvalue weighted by molar-refractivity contribution is -0.385. The van der Waals surface area contributed by atoms with Crippen LogP contribution < -0.4 is 5.43 Å². The van der Waals surface area contributed by atoms with Gasteiger partial charge >= 0.3 is 11.9 Å². The van der Waals surface area contributed by atoms with Crippen LogP contribution in [-0.4, -0.2) is 22.2 Å². The number of phenolic OH excluding ortho intramolecular Hbond substituents is 1. The van der Waals surface area contributed by atoms with Gasteiger partial charge in [-0.05, 0) is 24.3 Å². The molecule has 0 atom stereocenters. The molecule has 0 radical (unpaired) electrons. The van der Waals surface area contributed by atoms with E-state index >= 15 is 0 Å². The van der Waals surface area contributed by atoms with Gasteiger partial charge in [0.05, 0.1) is 16.7 Å². The number of benzene rings is 2. The number of hydrogen-bond acceptors (Lipinski definition) is 5. The summed E-state index contributed by atoms with van der Waals surface area (Å²) in [7, 11) is 0. The van der Waals surface area contributed by atoms with E-state index in [0.717, 1.165) is 36.5 Å². The number of rotatable bonds is 4. The molecule has 0 aliphatic rings. The zero-order valence-electron chi connectivity index (χ0n) is 12.6. The van der Waals surface area contributed by atoms with Crippen molar-refractivity contribution in [3.63, 3.8) is 0 Å². The molecule has 0 aliphatic carbocycles. The number of hydrogen-bond donors (Lipinski definition) is 2. The monoisotopic (exact) mass is 387 g/mol. The summed E-state index contributed by atoms with van der Waals surface area (Å²) in [5, 5.41) is 24.0. The number of aromatic hydroxyl groups is 1. The molecule has 0 aromatic heterocycles. The lowest BCUT2D eigenvalue weighted by Crippen LogP contribution is -2.18. The zero-order chi connectivity index (χ0) is 19.5. The van der Waals surface area contributed by atoms with Gasteiger partial charge in [-0.2, -0.15) is 18.3 Å². The molecule has 11 heteroatoms. The third-order valence-electron chi connectivity index (χ3n) is 3.10. The maximum atomic E-state index is 12.6. The summed E-state index contributed by atoms with van der Waals surface area (Å²) in [6.07, 6.45) is -3.73. The minimum atomic E-state index is -4.61. The summed E-state index contributed by atoms with van der Waals surface area (Å²) >= 11 is 5.69. The largest absolute Gasteiger partial charge is 0.502 e. The van der Waals surface area contributed by atoms with Gasteiger partial charge in [0, 0.05) is 22.2 Å². The first-order valence-electron chi connectivity index (χ1n) is 6.77. The van der Waals surface area contributed by atoms with Gasteiger partial charge in [0.25, 0.3) is 5.91 Å². The second kappa shape index (κ2) is 7.40. The van der Waals surface area contributed by atoms with E-state index in [1.807, 2.05) is 5.43 Å². The van der Waals surface area contributed by atoms with Gasteiger partial charge in [-0.3, -0.25) is 14.9 Å². The maximum Gasteiger partial charge on any atom is 0.416 e. The number of hydrazone groups is 1. The highest BCUT2D eigenvalue weighted by atomic mass is 35.5. The predicted octanol–water partition coefficient (Wildman–Crippen LogP) is 3.74. The topological polar surface area (TPSA) is 105 Å². The Morgan fingerprint density at radius 3 is 2.62 bits per heavy atom. The van der Waals surface area contributed by atoms with Crippen LogP contribution in [0.5, 0.6) is 5.75 Å². The summed E-state index contributed by atoms with van der Waals surface area (Å²) in [4.78, 5) is 21.8. The van der Waals surface area contributed by atoms with Crippen molar-refractivity contribution < 1.29 is 28.0 Å². The lowest BCUT2D eigenvalue weighted by atomic mass is 10.1. The Morgan fingerprint density at radius 1 is 1.31 bits per heavy atom. The van der Waals surface area contributed by atoms with Crippen molar-refractivity contribution >= 4 is 29.4 Å². The summed E-state index contributed by atoms with van der Waals surface area (Å²) < 4.78 is 37.9. The molecule has 0 aliphatic heterocycles. The fraction of sp³-hybridized carbons (Fsp3) is 0.0667. The van der Waals surface area contributed by atoms with E-state index in [2.05, 4.69) is 5.10 Å². The minimum absolute atomic E-state index is 0.0554. The van der Waals surface area contributed by atoms with Crippen molar-refractivity contribution in [1.29, 1.82) is 0 Å². The van der Waals surface area contributed by atoms with E-state index in [4.69, 9.17) is 11.6 Å². The van der Waals surface area contributed by atoms with Gasteiger partial charge in [0.15, 0.2) is 0 Å². The van der Waals surface area contributed by atoms with Crippen LogP contribution in [0.25, 0.3) is 0 Å². The van der Waals surface area contributed by atoms with E-state index in [1.54, 1.807) is 0 Å². The Balaban J connectivity index is 2.19. The second-order valence-electron chi connectivity index (χ2n) is 4.90. The van der Waals surface area contributed by atoms with E-state index in [9.17, 15) is 33.2 Å². The Kier molecular flexibility index (Phi) is 5.46. The van der Waals surface area contributed by atoms with E-state index < -0.39 is 34.0 Å². The van der Waals surface area contributed by atoms with Crippen LogP contribution in [0.3, 0.4) is 0 Å². The first-order valence-corrected chi connectivity index (χ1v) is 7.15. The molecule has 7 nitrogen and oxygen atoms in total. The van der Waals surface area contributed by atoms with Crippen molar-refractivity contribution in [2.45, 2.75) is 6.18 Å². The second-order valence-corrected chi connectivity index (χ2v) is 5.33. The van der Waals surface area contributed by atoms with E-state index in [-0.39, 0.29) is 16.1 Å². The molecule has 0 spiro atoms. The van der Waals surface area contributed by atoms with E-state index in [0.29, 0.717) is 6.07 Å². The number of nitro benzene ring substituents is 1. The predicted molar refractivity (Wildman–Crippen MR) is 86.3 cm³/mol. The van der Waals surface area contributed by atoms with Crippen LogP contribution in [-0.2, 0) is 6.18 Å². The third kappa shape index (κ3) is 4.48. The lowest BCUT2D eigenvalue weighted by Gasteiger charge is -2.07. The van der Waals surface area contributed by atoms with Crippen LogP contribution in [0.4, 0.5) is 18.9 Å². The van der Waals surface area contributed by atoms with Crippen molar-refractivity contribution in [3.8, 4) is 5.75 Å². The molecule has 0 saturated carbocycles. The number of halogens is 4. The number of amides is 1. The van der Waals surface area contributed by atoms with Crippen molar-refractivity contribution in [2.24, 2.45) is 5.10 Å². The maximum absolute atomic E-state index is 12.6. The van der Waals surface area contributed by atoms with Crippen molar-refractivity contribution in [3.05, 3.63) is 68.2 Å². The molecule has 0 unspecified atom stereocenters. The summed E-state index contributed by atoms with van der Waals surface area (Å²) in [6, 6.07) is 5.75. The average molecular weight is 388 g/mol. The van der Waals surface area contributed by atoms with Gasteiger partial charge in [-0.15, -0.1) is 0 Å². The number of carbonyl (C=O) groups excluding carboxylic acids is 1. The molecule has 0 bridgehead atoms. The Labute approximate surface area is 148 Å². The normalized spacial score (nSPS) is 11.5. The third-order valence-corrected chi connectivity index (χ3v) is 3.32. The first-order chi connectivity index (χ1) is 12.1. The fourth-order valence-corrected chi connectivity index (χ4v) is 2.13. The number of carbonyl (C=O) groups is 1. The highest BCUT2D eigenvalue weighted by molar-refractivity contribution is 6.31. The molecule has 0 heterocycles. The molecular formula is C15H9ClF3N3O4. The van der Waals surface area contributed by atoms with Gasteiger partial charge in [-0.25, -0.2) is 5.43 Å². The van der Waals surface area contributed by atoms with Crippen molar-refractivity contribution in [2.75, 3.05) is 0 Å². The van der Waals surface area contributed by atoms with Gasteiger partial charge in [0.2, 0.25) is 5.75 Å². The quantitative estimate of drug-likeness (QED) is 0.473. The summed E-state index contributed by atoms with van der Waals surface area (Å²) in [5.41, 5.74) is -0.158. The van der Waals surface area contributed by atoms with Gasteiger partial charge < -0.3 is 5.11 Å². The number of nitrogens with zero attached hydrogens (tertiary/aromatic N) is 2. The molecular weight excluding hydrogens is 379 g/mol. The van der Waals surface area contributed by atoms with Crippen molar-refractivity contribution in [1.82, 2.24) is 5.43 Å². The molecule has 2 aromatic carbocycles. The van der Waals surface area contributed by atoms with Crippen LogP contribution in [0.2, 0.25) is 5.02 Å². The fourth-order valence-electron chi connectivity index (χ4n) is 1.90.